The fourth-order valence-electron chi connectivity index (χ4n) is 2.44. The van der Waals surface area contributed by atoms with Gasteiger partial charge in [-0.3, -0.25) is 4.79 Å². The Labute approximate surface area is 119 Å². The minimum Gasteiger partial charge on any atom is -0.478 e. The minimum absolute atomic E-state index is 0.00968. The zero-order chi connectivity index (χ0) is 15.6. The van der Waals surface area contributed by atoms with Crippen molar-refractivity contribution in [1.29, 1.82) is 0 Å². The lowest BCUT2D eigenvalue weighted by Gasteiger charge is -2.33. The second-order valence-electron chi connectivity index (χ2n) is 4.96. The molecule has 1 aliphatic rings. The van der Waals surface area contributed by atoms with Crippen molar-refractivity contribution < 1.29 is 27.9 Å². The van der Waals surface area contributed by atoms with Crippen molar-refractivity contribution in [3.63, 3.8) is 0 Å². The van der Waals surface area contributed by atoms with Gasteiger partial charge >= 0.3 is 12.1 Å². The fourth-order valence-corrected chi connectivity index (χ4v) is 2.44. The normalized spacial score (nSPS) is 16.8. The van der Waals surface area contributed by atoms with Crippen LogP contribution < -0.4 is 0 Å². The Kier molecular flexibility index (Phi) is 4.20. The quantitative estimate of drug-likeness (QED) is 0.914. The van der Waals surface area contributed by atoms with Crippen molar-refractivity contribution in [2.75, 3.05) is 13.1 Å². The molecule has 1 heterocycles. The first-order valence-electron chi connectivity index (χ1n) is 6.49. The van der Waals surface area contributed by atoms with Gasteiger partial charge < -0.3 is 10.0 Å². The largest absolute Gasteiger partial charge is 0.478 e. The molecule has 1 aromatic rings. The number of hydrogen-bond acceptors (Lipinski definition) is 2. The van der Waals surface area contributed by atoms with E-state index in [1.807, 2.05) is 0 Å². The van der Waals surface area contributed by atoms with Crippen LogP contribution in [0.4, 0.5) is 13.2 Å². The molecule has 7 heteroatoms. The number of likely N-dealkylation sites (tertiary alicyclic amines) is 1. The molecule has 4 nitrogen and oxygen atoms in total. The molecule has 0 spiro atoms. The molecule has 0 aromatic heterocycles. The summed E-state index contributed by atoms with van der Waals surface area (Å²) in [7, 11) is 0. The van der Waals surface area contributed by atoms with Gasteiger partial charge in [0.1, 0.15) is 0 Å². The van der Waals surface area contributed by atoms with Gasteiger partial charge in [0.05, 0.1) is 17.0 Å². The van der Waals surface area contributed by atoms with E-state index in [0.717, 1.165) is 0 Å². The molecule has 1 N–H and O–H groups in total. The number of aromatic carboxylic acids is 1. The van der Waals surface area contributed by atoms with Crippen molar-refractivity contribution >= 4 is 11.9 Å². The maximum Gasteiger partial charge on any atom is 0.391 e. The Balaban J connectivity index is 2.11. The van der Waals surface area contributed by atoms with Gasteiger partial charge in [-0.2, -0.15) is 13.2 Å². The van der Waals surface area contributed by atoms with Crippen LogP contribution in [-0.4, -0.2) is 41.1 Å². The van der Waals surface area contributed by atoms with E-state index in [9.17, 15) is 22.8 Å². The highest BCUT2D eigenvalue weighted by Gasteiger charge is 2.41. The summed E-state index contributed by atoms with van der Waals surface area (Å²) in [5.41, 5.74) is -0.129. The molecular formula is C14H14F3NO3. The molecule has 1 fully saturated rings. The van der Waals surface area contributed by atoms with Crippen LogP contribution in [0.15, 0.2) is 24.3 Å². The van der Waals surface area contributed by atoms with Gasteiger partial charge in [0.25, 0.3) is 5.91 Å². The number of rotatable bonds is 2. The molecule has 0 aliphatic carbocycles. The number of amides is 1. The van der Waals surface area contributed by atoms with Gasteiger partial charge in [0, 0.05) is 13.1 Å². The molecule has 114 valence electrons. The lowest BCUT2D eigenvalue weighted by molar-refractivity contribution is -0.183. The van der Waals surface area contributed by atoms with Crippen LogP contribution in [0.2, 0.25) is 0 Å². The van der Waals surface area contributed by atoms with E-state index in [2.05, 4.69) is 0 Å². The molecule has 0 atom stereocenters. The first-order chi connectivity index (χ1) is 9.80. The maximum absolute atomic E-state index is 12.6. The van der Waals surface area contributed by atoms with Crippen molar-refractivity contribution in [1.82, 2.24) is 4.90 Å². The third kappa shape index (κ3) is 3.34. The summed E-state index contributed by atoms with van der Waals surface area (Å²) in [4.78, 5) is 24.6. The summed E-state index contributed by atoms with van der Waals surface area (Å²) >= 11 is 0. The number of hydrogen-bond donors (Lipinski definition) is 1. The van der Waals surface area contributed by atoms with Gasteiger partial charge in [0.15, 0.2) is 0 Å². The van der Waals surface area contributed by atoms with Gasteiger partial charge in [-0.1, -0.05) is 12.1 Å². The molecule has 1 saturated heterocycles. The minimum atomic E-state index is -4.24. The van der Waals surface area contributed by atoms with Crippen molar-refractivity contribution in [2.45, 2.75) is 19.0 Å². The number of benzene rings is 1. The van der Waals surface area contributed by atoms with Crippen LogP contribution in [-0.2, 0) is 0 Å². The first kappa shape index (κ1) is 15.3. The van der Waals surface area contributed by atoms with Crippen LogP contribution in [0, 0.1) is 5.92 Å². The summed E-state index contributed by atoms with van der Waals surface area (Å²) in [5.74, 6) is -3.16. The van der Waals surface area contributed by atoms with E-state index < -0.39 is 24.0 Å². The molecule has 0 radical (unpaired) electrons. The molecule has 2 rings (SSSR count). The lowest BCUT2D eigenvalue weighted by atomic mass is 9.95. The number of carbonyl (C=O) groups is 2. The SMILES string of the molecule is O=C(O)c1ccccc1C(=O)N1CCC(C(F)(F)F)CC1. The van der Waals surface area contributed by atoms with E-state index in [1.165, 1.54) is 29.2 Å². The van der Waals surface area contributed by atoms with Crippen LogP contribution in [0.3, 0.4) is 0 Å². The van der Waals surface area contributed by atoms with E-state index >= 15 is 0 Å². The molecule has 0 bridgehead atoms. The van der Waals surface area contributed by atoms with Gasteiger partial charge in [0.2, 0.25) is 0 Å². The average molecular weight is 301 g/mol. The molecule has 21 heavy (non-hydrogen) atoms. The highest BCUT2D eigenvalue weighted by Crippen LogP contribution is 2.34. The summed E-state index contributed by atoms with van der Waals surface area (Å²) in [6, 6.07) is 5.71. The van der Waals surface area contributed by atoms with E-state index in [0.29, 0.717) is 0 Å². The molecule has 1 aromatic carbocycles. The van der Waals surface area contributed by atoms with Crippen molar-refractivity contribution in [2.24, 2.45) is 5.92 Å². The molecule has 1 aliphatic heterocycles. The molecule has 0 saturated carbocycles. The number of nitrogens with zero attached hydrogens (tertiary/aromatic N) is 1. The maximum atomic E-state index is 12.6. The van der Waals surface area contributed by atoms with Gasteiger partial charge in [-0.25, -0.2) is 4.79 Å². The Bertz CT molecular complexity index is 549. The second-order valence-corrected chi connectivity index (χ2v) is 4.96. The smallest absolute Gasteiger partial charge is 0.391 e. The predicted molar refractivity (Wildman–Crippen MR) is 68.1 cm³/mol. The van der Waals surface area contributed by atoms with Gasteiger partial charge in [-0.05, 0) is 25.0 Å². The Hall–Kier alpha value is -2.05. The second kappa shape index (κ2) is 5.75. The number of carbonyl (C=O) groups excluding carboxylic acids is 1. The zero-order valence-corrected chi connectivity index (χ0v) is 11.1. The zero-order valence-electron chi connectivity index (χ0n) is 11.1. The van der Waals surface area contributed by atoms with Crippen molar-refractivity contribution in [3.05, 3.63) is 35.4 Å². The standard InChI is InChI=1S/C14H14F3NO3/c15-14(16,17)9-5-7-18(8-6-9)12(19)10-3-1-2-4-11(10)13(20)21/h1-4,9H,5-8H2,(H,20,21). The van der Waals surface area contributed by atoms with Gasteiger partial charge in [-0.15, -0.1) is 0 Å². The number of halogens is 3. The van der Waals surface area contributed by atoms with Crippen LogP contribution >= 0.6 is 0 Å². The Morgan fingerprint density at radius 2 is 1.62 bits per heavy atom. The van der Waals surface area contributed by atoms with E-state index in [4.69, 9.17) is 5.11 Å². The Morgan fingerprint density at radius 1 is 1.10 bits per heavy atom. The van der Waals surface area contributed by atoms with Crippen LogP contribution in [0.1, 0.15) is 33.6 Å². The van der Waals surface area contributed by atoms with Crippen molar-refractivity contribution in [3.8, 4) is 0 Å². The fraction of sp³-hybridized carbons (Fsp3) is 0.429. The van der Waals surface area contributed by atoms with Crippen LogP contribution in [0.25, 0.3) is 0 Å². The molecule has 1 amide bonds. The molecule has 0 unspecified atom stereocenters. The lowest BCUT2D eigenvalue weighted by Crippen LogP contribution is -2.42. The number of alkyl halides is 3. The summed E-state index contributed by atoms with van der Waals surface area (Å²) in [6.07, 6.45) is -4.54. The topological polar surface area (TPSA) is 57.6 Å². The number of carboxylic acids is 1. The number of piperidine rings is 1. The van der Waals surface area contributed by atoms with E-state index in [1.54, 1.807) is 0 Å². The predicted octanol–water partition coefficient (Wildman–Crippen LogP) is 2.80. The summed E-state index contributed by atoms with van der Waals surface area (Å²) < 4.78 is 37.7. The Morgan fingerprint density at radius 3 is 2.10 bits per heavy atom. The third-order valence-corrected chi connectivity index (χ3v) is 3.63. The average Bonchev–Trinajstić information content (AvgIpc) is 2.45. The monoisotopic (exact) mass is 301 g/mol. The highest BCUT2D eigenvalue weighted by atomic mass is 19.4. The number of carboxylic acid groups (broad SMARTS) is 1. The van der Waals surface area contributed by atoms with E-state index in [-0.39, 0.29) is 37.1 Å². The highest BCUT2D eigenvalue weighted by molar-refractivity contribution is 6.04. The van der Waals surface area contributed by atoms with Crippen LogP contribution in [0.5, 0.6) is 0 Å². The molecular weight excluding hydrogens is 287 g/mol. The summed E-state index contributed by atoms with van der Waals surface area (Å²) in [5, 5.41) is 9.04. The third-order valence-electron chi connectivity index (χ3n) is 3.63. The summed E-state index contributed by atoms with van der Waals surface area (Å²) in [6.45, 7) is -0.0338. The first-order valence-corrected chi connectivity index (χ1v) is 6.49.